The molecule has 0 aliphatic rings. The van der Waals surface area contributed by atoms with Gasteiger partial charge in [-0.2, -0.15) is 0 Å². The summed E-state index contributed by atoms with van der Waals surface area (Å²) in [5.41, 5.74) is 3.72. The lowest BCUT2D eigenvalue weighted by molar-refractivity contribution is 0.482. The molecule has 1 aromatic rings. The fourth-order valence-corrected chi connectivity index (χ4v) is 0.798. The first kappa shape index (κ1) is 7.64. The number of aryl methyl sites for hydroxylation is 1. The van der Waals surface area contributed by atoms with E-state index in [0.717, 1.165) is 5.75 Å². The lowest BCUT2D eigenvalue weighted by Gasteiger charge is -1.98. The monoisotopic (exact) mass is 146 g/mol. The second-order valence-electron chi connectivity index (χ2n) is 2.26. The molecule has 0 fully saturated rings. The summed E-state index contributed by atoms with van der Waals surface area (Å²) in [6.45, 7) is 5.41. The topological polar surface area (TPSA) is 9.23 Å². The molecule has 0 aliphatic carbocycles. The van der Waals surface area contributed by atoms with Crippen molar-refractivity contribution in [2.24, 2.45) is 0 Å². The number of benzene rings is 1. The lowest BCUT2D eigenvalue weighted by atomic mass is 10.2. The van der Waals surface area contributed by atoms with Gasteiger partial charge in [0, 0.05) is 0 Å². The molecule has 1 nitrogen and oxygen atoms in total. The van der Waals surface area contributed by atoms with Crippen molar-refractivity contribution < 1.29 is 4.74 Å². The molecule has 1 rings (SSSR count). The number of hydrogen-bond acceptors (Lipinski definition) is 1. The summed E-state index contributed by atoms with van der Waals surface area (Å²) in [4.78, 5) is 0. The van der Waals surface area contributed by atoms with Crippen molar-refractivity contribution >= 4 is 0 Å². The zero-order chi connectivity index (χ0) is 8.10. The van der Waals surface area contributed by atoms with E-state index in [1.165, 1.54) is 11.8 Å². The van der Waals surface area contributed by atoms with Gasteiger partial charge in [-0.05, 0) is 24.6 Å². The van der Waals surface area contributed by atoms with Crippen LogP contribution in [-0.2, 0) is 0 Å². The maximum absolute atomic E-state index is 5.14. The Bertz CT molecular complexity index is 283. The van der Waals surface area contributed by atoms with Crippen molar-refractivity contribution in [3.8, 4) is 5.75 Å². The first-order chi connectivity index (χ1) is 5.33. The minimum Gasteiger partial charge on any atom is -0.457 e. The molecular weight excluding hydrogens is 136 g/mol. The molecule has 0 radical (unpaired) electrons. The third-order valence-electron chi connectivity index (χ3n) is 1.27. The van der Waals surface area contributed by atoms with Crippen LogP contribution < -0.4 is 4.74 Å². The maximum Gasteiger partial charge on any atom is 0.133 e. The van der Waals surface area contributed by atoms with Crippen LogP contribution in [0.3, 0.4) is 0 Å². The fraction of sp³-hybridized carbons (Fsp3) is 0.100. The Morgan fingerprint density at radius 2 is 2.36 bits per heavy atom. The minimum absolute atomic E-state index is 0.821. The van der Waals surface area contributed by atoms with Gasteiger partial charge >= 0.3 is 0 Å². The Kier molecular flexibility index (Phi) is 2.53. The molecule has 0 saturated heterocycles. The molecule has 1 aromatic carbocycles. The van der Waals surface area contributed by atoms with Gasteiger partial charge in [-0.15, -0.1) is 0 Å². The smallest absolute Gasteiger partial charge is 0.133 e. The number of hydrogen-bond donors (Lipinski definition) is 0. The largest absolute Gasteiger partial charge is 0.457 e. The zero-order valence-corrected chi connectivity index (χ0v) is 6.50. The highest BCUT2D eigenvalue weighted by Crippen LogP contribution is 2.11. The van der Waals surface area contributed by atoms with Crippen molar-refractivity contribution in [1.29, 1.82) is 0 Å². The SMILES string of the molecule is C=C=COc1cccc(C)c1. The van der Waals surface area contributed by atoms with E-state index in [9.17, 15) is 0 Å². The third-order valence-corrected chi connectivity index (χ3v) is 1.27. The summed E-state index contributed by atoms with van der Waals surface area (Å²) < 4.78 is 5.14. The predicted molar refractivity (Wildman–Crippen MR) is 45.5 cm³/mol. The minimum atomic E-state index is 0.821. The molecule has 11 heavy (non-hydrogen) atoms. The van der Waals surface area contributed by atoms with Crippen LogP contribution in [0.5, 0.6) is 5.75 Å². The number of ether oxygens (including phenoxy) is 1. The molecule has 0 saturated carbocycles. The molecule has 0 aliphatic heterocycles. The Labute approximate surface area is 66.6 Å². The molecule has 0 unspecified atom stereocenters. The molecule has 1 heteroatoms. The van der Waals surface area contributed by atoms with Crippen LogP contribution in [0, 0.1) is 6.92 Å². The summed E-state index contributed by atoms with van der Waals surface area (Å²) in [5.74, 6) is 0.821. The van der Waals surface area contributed by atoms with E-state index in [1.807, 2.05) is 31.2 Å². The zero-order valence-electron chi connectivity index (χ0n) is 6.50. The fourth-order valence-electron chi connectivity index (χ4n) is 0.798. The molecular formula is C10H10O. The summed E-state index contributed by atoms with van der Waals surface area (Å²) in [6.07, 6.45) is 1.44. The van der Waals surface area contributed by atoms with Crippen molar-refractivity contribution in [2.45, 2.75) is 6.92 Å². The summed E-state index contributed by atoms with van der Waals surface area (Å²) in [7, 11) is 0. The van der Waals surface area contributed by atoms with E-state index in [2.05, 4.69) is 12.3 Å². The van der Waals surface area contributed by atoms with E-state index in [-0.39, 0.29) is 0 Å². The lowest BCUT2D eigenvalue weighted by Crippen LogP contribution is -1.80. The molecule has 0 atom stereocenters. The van der Waals surface area contributed by atoms with Gasteiger partial charge in [0.2, 0.25) is 0 Å². The average Bonchev–Trinajstić information content (AvgIpc) is 2.01. The Hall–Kier alpha value is -1.46. The summed E-state index contributed by atoms with van der Waals surface area (Å²) in [5, 5.41) is 0. The van der Waals surface area contributed by atoms with Gasteiger partial charge in [0.1, 0.15) is 12.0 Å². The van der Waals surface area contributed by atoms with E-state index < -0.39 is 0 Å². The van der Waals surface area contributed by atoms with Gasteiger partial charge in [0.05, 0.1) is 0 Å². The average molecular weight is 146 g/mol. The highest BCUT2D eigenvalue weighted by atomic mass is 16.5. The standard InChI is InChI=1S/C10H10O/c1-3-7-11-10-6-4-5-9(2)8-10/h4-8H,1H2,2H3. The normalized spacial score (nSPS) is 8.45. The van der Waals surface area contributed by atoms with E-state index >= 15 is 0 Å². The van der Waals surface area contributed by atoms with Crippen LogP contribution in [0.15, 0.2) is 42.8 Å². The van der Waals surface area contributed by atoms with Crippen LogP contribution in [0.25, 0.3) is 0 Å². The van der Waals surface area contributed by atoms with Gasteiger partial charge in [-0.3, -0.25) is 0 Å². The van der Waals surface area contributed by atoms with Crippen LogP contribution in [0.2, 0.25) is 0 Å². The van der Waals surface area contributed by atoms with Gasteiger partial charge < -0.3 is 4.74 Å². The second kappa shape index (κ2) is 3.65. The van der Waals surface area contributed by atoms with Crippen LogP contribution >= 0.6 is 0 Å². The van der Waals surface area contributed by atoms with Crippen molar-refractivity contribution in [1.82, 2.24) is 0 Å². The predicted octanol–water partition coefficient (Wildman–Crippen LogP) is 2.67. The Morgan fingerprint density at radius 3 is 3.00 bits per heavy atom. The van der Waals surface area contributed by atoms with Gasteiger partial charge in [0.15, 0.2) is 0 Å². The van der Waals surface area contributed by atoms with Gasteiger partial charge in [-0.1, -0.05) is 24.4 Å². The first-order valence-corrected chi connectivity index (χ1v) is 3.40. The molecule has 0 heterocycles. The van der Waals surface area contributed by atoms with Crippen LogP contribution in [0.4, 0.5) is 0 Å². The quantitative estimate of drug-likeness (QED) is 0.460. The Morgan fingerprint density at radius 1 is 1.55 bits per heavy atom. The second-order valence-corrected chi connectivity index (χ2v) is 2.26. The van der Waals surface area contributed by atoms with E-state index in [1.54, 1.807) is 0 Å². The third kappa shape index (κ3) is 2.32. The van der Waals surface area contributed by atoms with E-state index in [4.69, 9.17) is 4.74 Å². The van der Waals surface area contributed by atoms with Crippen LogP contribution in [0.1, 0.15) is 5.56 Å². The van der Waals surface area contributed by atoms with Crippen molar-refractivity contribution in [3.63, 3.8) is 0 Å². The molecule has 0 aromatic heterocycles. The highest BCUT2D eigenvalue weighted by molar-refractivity contribution is 5.27. The van der Waals surface area contributed by atoms with Gasteiger partial charge in [-0.25, -0.2) is 0 Å². The molecule has 0 amide bonds. The number of rotatable bonds is 2. The summed E-state index contributed by atoms with van der Waals surface area (Å²) in [6, 6.07) is 7.81. The highest BCUT2D eigenvalue weighted by Gasteiger charge is 1.88. The van der Waals surface area contributed by atoms with Crippen molar-refractivity contribution in [2.75, 3.05) is 0 Å². The maximum atomic E-state index is 5.14. The molecule has 0 bridgehead atoms. The molecule has 0 N–H and O–H groups in total. The first-order valence-electron chi connectivity index (χ1n) is 3.40. The molecule has 0 spiro atoms. The van der Waals surface area contributed by atoms with Crippen LogP contribution in [-0.4, -0.2) is 0 Å². The van der Waals surface area contributed by atoms with E-state index in [0.29, 0.717) is 0 Å². The van der Waals surface area contributed by atoms with Gasteiger partial charge in [0.25, 0.3) is 0 Å². The summed E-state index contributed by atoms with van der Waals surface area (Å²) >= 11 is 0. The molecule has 56 valence electrons. The van der Waals surface area contributed by atoms with Crippen molar-refractivity contribution in [3.05, 3.63) is 48.4 Å². The Balaban J connectivity index is 2.79.